The Morgan fingerprint density at radius 1 is 1.05 bits per heavy atom. The minimum absolute atomic E-state index is 0.194. The van der Waals surface area contributed by atoms with Gasteiger partial charge in [0.25, 0.3) is 5.91 Å². The number of carbonyl (C=O) groups is 2. The SMILES string of the molecule is O=C(NC(Cc1ccc(OCCCc2ccc3c(n2)NCCC3)cc1)C(=O)O)c1ccc(C2CC2)cc1. The van der Waals surface area contributed by atoms with Crippen LogP contribution in [0, 0.1) is 0 Å². The first-order valence-electron chi connectivity index (χ1n) is 13.1. The number of carboxylic acids is 1. The van der Waals surface area contributed by atoms with Gasteiger partial charge in [-0.3, -0.25) is 4.79 Å². The lowest BCUT2D eigenvalue weighted by molar-refractivity contribution is -0.139. The van der Waals surface area contributed by atoms with Gasteiger partial charge in [0.2, 0.25) is 0 Å². The molecule has 2 heterocycles. The van der Waals surface area contributed by atoms with E-state index in [4.69, 9.17) is 9.72 Å². The van der Waals surface area contributed by atoms with Crippen LogP contribution in [0.3, 0.4) is 0 Å². The van der Waals surface area contributed by atoms with Crippen molar-refractivity contribution >= 4 is 17.7 Å². The van der Waals surface area contributed by atoms with E-state index in [-0.39, 0.29) is 12.3 Å². The molecular weight excluding hydrogens is 466 g/mol. The third-order valence-corrected chi connectivity index (χ3v) is 6.99. The fourth-order valence-corrected chi connectivity index (χ4v) is 4.67. The van der Waals surface area contributed by atoms with Crippen LogP contribution in [0.2, 0.25) is 0 Å². The van der Waals surface area contributed by atoms with E-state index in [2.05, 4.69) is 22.8 Å². The number of carbonyl (C=O) groups excluding carboxylic acids is 1. The predicted octanol–water partition coefficient (Wildman–Crippen LogP) is 4.75. The lowest BCUT2D eigenvalue weighted by atomic mass is 10.0. The number of aromatic nitrogens is 1. The number of ether oxygens (including phenoxy) is 1. The first-order chi connectivity index (χ1) is 18.0. The standard InChI is InChI=1S/C30H33N3O4/c34-29(24-11-9-22(10-12-24)21-7-8-21)33-27(30(35)36)19-20-5-15-26(16-6-20)37-18-2-4-25-14-13-23-3-1-17-31-28(23)32-25/h5-6,9-16,21,27H,1-4,7-8,17-19H2,(H,31,32)(H,33,34)(H,35,36). The summed E-state index contributed by atoms with van der Waals surface area (Å²) in [6.45, 7) is 1.55. The summed E-state index contributed by atoms with van der Waals surface area (Å²) in [7, 11) is 0. The molecule has 0 radical (unpaired) electrons. The molecule has 5 rings (SSSR count). The molecule has 0 spiro atoms. The van der Waals surface area contributed by atoms with Gasteiger partial charge in [-0.2, -0.15) is 0 Å². The number of rotatable bonds is 11. The summed E-state index contributed by atoms with van der Waals surface area (Å²) in [4.78, 5) is 29.1. The summed E-state index contributed by atoms with van der Waals surface area (Å²) in [5, 5.41) is 15.7. The van der Waals surface area contributed by atoms with Gasteiger partial charge in [-0.1, -0.05) is 30.3 Å². The van der Waals surface area contributed by atoms with Gasteiger partial charge in [-0.05, 0) is 91.5 Å². The molecule has 37 heavy (non-hydrogen) atoms. The highest BCUT2D eigenvalue weighted by Gasteiger charge is 2.24. The fourth-order valence-electron chi connectivity index (χ4n) is 4.67. The van der Waals surface area contributed by atoms with E-state index in [1.165, 1.54) is 24.0 Å². The van der Waals surface area contributed by atoms with Crippen molar-refractivity contribution in [2.24, 2.45) is 0 Å². The quantitative estimate of drug-likeness (QED) is 0.329. The van der Waals surface area contributed by atoms with Gasteiger partial charge in [-0.15, -0.1) is 0 Å². The Morgan fingerprint density at radius 3 is 2.57 bits per heavy atom. The molecule has 1 aliphatic heterocycles. The van der Waals surface area contributed by atoms with Crippen molar-refractivity contribution < 1.29 is 19.4 Å². The number of amides is 1. The van der Waals surface area contributed by atoms with Gasteiger partial charge in [0.15, 0.2) is 0 Å². The number of aryl methyl sites for hydroxylation is 2. The Bertz CT molecular complexity index is 1240. The van der Waals surface area contributed by atoms with Gasteiger partial charge in [0.1, 0.15) is 17.6 Å². The first-order valence-corrected chi connectivity index (χ1v) is 13.1. The lowest BCUT2D eigenvalue weighted by Crippen LogP contribution is -2.42. The number of fused-ring (bicyclic) bond motifs is 1. The second kappa shape index (κ2) is 11.5. The zero-order valence-corrected chi connectivity index (χ0v) is 20.9. The molecule has 2 aliphatic rings. The summed E-state index contributed by atoms with van der Waals surface area (Å²) in [6.07, 6.45) is 6.52. The number of hydrogen-bond acceptors (Lipinski definition) is 5. The monoisotopic (exact) mass is 499 g/mol. The Morgan fingerprint density at radius 2 is 1.84 bits per heavy atom. The molecule has 2 aromatic carbocycles. The molecule has 3 aromatic rings. The normalized spacial score (nSPS) is 15.2. The molecule has 1 fully saturated rings. The van der Waals surface area contributed by atoms with Gasteiger partial charge in [0, 0.05) is 24.2 Å². The molecule has 1 atom stereocenters. The number of benzene rings is 2. The Hall–Kier alpha value is -3.87. The number of nitrogens with one attached hydrogen (secondary N) is 2. The minimum Gasteiger partial charge on any atom is -0.494 e. The van der Waals surface area contributed by atoms with Crippen molar-refractivity contribution in [1.29, 1.82) is 0 Å². The molecule has 1 unspecified atom stereocenters. The third-order valence-electron chi connectivity index (χ3n) is 6.99. The van der Waals surface area contributed by atoms with Crippen LogP contribution in [0.5, 0.6) is 5.75 Å². The molecule has 1 amide bonds. The Labute approximate surface area is 217 Å². The van der Waals surface area contributed by atoms with Crippen LogP contribution >= 0.6 is 0 Å². The van der Waals surface area contributed by atoms with Crippen molar-refractivity contribution in [3.63, 3.8) is 0 Å². The van der Waals surface area contributed by atoms with E-state index in [0.29, 0.717) is 18.1 Å². The third kappa shape index (κ3) is 6.67. The molecule has 0 saturated heterocycles. The molecule has 192 valence electrons. The van der Waals surface area contributed by atoms with Crippen molar-refractivity contribution in [3.05, 3.63) is 88.6 Å². The molecule has 1 aromatic heterocycles. The maximum atomic E-state index is 12.6. The van der Waals surface area contributed by atoms with E-state index in [0.717, 1.165) is 55.1 Å². The van der Waals surface area contributed by atoms with Crippen molar-refractivity contribution in [3.8, 4) is 5.75 Å². The Balaban J connectivity index is 1.08. The molecule has 0 bridgehead atoms. The highest BCUT2D eigenvalue weighted by Crippen LogP contribution is 2.39. The van der Waals surface area contributed by atoms with Crippen molar-refractivity contribution in [2.75, 3.05) is 18.5 Å². The van der Waals surface area contributed by atoms with Crippen LogP contribution in [-0.4, -0.2) is 41.2 Å². The Kier molecular flexibility index (Phi) is 7.68. The van der Waals surface area contributed by atoms with Crippen molar-refractivity contribution in [2.45, 2.75) is 56.9 Å². The maximum Gasteiger partial charge on any atom is 0.326 e. The van der Waals surface area contributed by atoms with Crippen LogP contribution in [0.1, 0.15) is 64.3 Å². The van der Waals surface area contributed by atoms with Gasteiger partial charge in [0.05, 0.1) is 6.61 Å². The number of nitrogens with zero attached hydrogens (tertiary/aromatic N) is 1. The molecule has 3 N–H and O–H groups in total. The lowest BCUT2D eigenvalue weighted by Gasteiger charge is -2.17. The van der Waals surface area contributed by atoms with Crippen molar-refractivity contribution in [1.82, 2.24) is 10.3 Å². The minimum atomic E-state index is -1.06. The average molecular weight is 500 g/mol. The van der Waals surface area contributed by atoms with E-state index in [1.54, 1.807) is 12.1 Å². The number of aliphatic carboxylic acids is 1. The van der Waals surface area contributed by atoms with Crippen LogP contribution < -0.4 is 15.4 Å². The summed E-state index contributed by atoms with van der Waals surface area (Å²) >= 11 is 0. The first kappa shape index (κ1) is 24.8. The number of carboxylic acid groups (broad SMARTS) is 1. The van der Waals surface area contributed by atoms with E-state index >= 15 is 0 Å². The summed E-state index contributed by atoms with van der Waals surface area (Å²) in [5.41, 5.74) is 4.88. The maximum absolute atomic E-state index is 12.6. The fraction of sp³-hybridized carbons (Fsp3) is 0.367. The largest absolute Gasteiger partial charge is 0.494 e. The zero-order valence-electron chi connectivity index (χ0n) is 20.9. The molecule has 7 nitrogen and oxygen atoms in total. The zero-order chi connectivity index (χ0) is 25.6. The number of pyridine rings is 1. The summed E-state index contributed by atoms with van der Waals surface area (Å²) in [5.74, 6) is 0.922. The molecule has 1 saturated carbocycles. The molecule has 7 heteroatoms. The van der Waals surface area contributed by atoms with Gasteiger partial charge < -0.3 is 20.5 Å². The van der Waals surface area contributed by atoms with Gasteiger partial charge >= 0.3 is 5.97 Å². The second-order valence-corrected chi connectivity index (χ2v) is 9.90. The van der Waals surface area contributed by atoms with E-state index in [9.17, 15) is 14.7 Å². The van der Waals surface area contributed by atoms with Crippen LogP contribution in [0.4, 0.5) is 5.82 Å². The topological polar surface area (TPSA) is 101 Å². The van der Waals surface area contributed by atoms with Gasteiger partial charge in [-0.25, -0.2) is 9.78 Å². The smallest absolute Gasteiger partial charge is 0.326 e. The number of hydrogen-bond donors (Lipinski definition) is 3. The van der Waals surface area contributed by atoms with E-state index in [1.807, 2.05) is 36.4 Å². The highest BCUT2D eigenvalue weighted by atomic mass is 16.5. The second-order valence-electron chi connectivity index (χ2n) is 9.90. The molecule has 1 aliphatic carbocycles. The summed E-state index contributed by atoms with van der Waals surface area (Å²) < 4.78 is 5.87. The van der Waals surface area contributed by atoms with Crippen LogP contribution in [-0.2, 0) is 24.1 Å². The molecular formula is C30H33N3O4. The average Bonchev–Trinajstić information content (AvgIpc) is 3.77. The van der Waals surface area contributed by atoms with E-state index < -0.39 is 12.0 Å². The summed E-state index contributed by atoms with van der Waals surface area (Å²) in [6, 6.07) is 18.1. The van der Waals surface area contributed by atoms with Crippen LogP contribution in [0.25, 0.3) is 0 Å². The predicted molar refractivity (Wildman–Crippen MR) is 142 cm³/mol. The van der Waals surface area contributed by atoms with Crippen LogP contribution in [0.15, 0.2) is 60.7 Å². The number of anilines is 1. The highest BCUT2D eigenvalue weighted by molar-refractivity contribution is 5.96.